The van der Waals surface area contributed by atoms with Crippen LogP contribution in [-0.4, -0.2) is 71.2 Å². The monoisotopic (exact) mass is 830 g/mol. The first-order valence-corrected chi connectivity index (χ1v) is 20.7. The fourth-order valence-electron chi connectivity index (χ4n) is 7.10. The highest BCUT2D eigenvalue weighted by Gasteiger charge is 2.32. The molecule has 4 atom stereocenters. The molecule has 4 aromatic rings. The summed E-state index contributed by atoms with van der Waals surface area (Å²) >= 11 is 0. The van der Waals surface area contributed by atoms with Crippen molar-refractivity contribution < 1.29 is 24.0 Å². The van der Waals surface area contributed by atoms with Crippen molar-refractivity contribution in [3.63, 3.8) is 0 Å². The highest BCUT2D eigenvalue weighted by Crippen LogP contribution is 2.32. The zero-order chi connectivity index (χ0) is 44.1. The minimum Gasteiger partial charge on any atom is -0.370 e. The van der Waals surface area contributed by atoms with Crippen molar-refractivity contribution in [3.05, 3.63) is 102 Å². The van der Waals surface area contributed by atoms with Crippen LogP contribution in [0.4, 0.5) is 11.4 Å². The maximum Gasteiger partial charge on any atom is 0.254 e. The van der Waals surface area contributed by atoms with Crippen LogP contribution in [0.5, 0.6) is 0 Å². The Kier molecular flexibility index (Phi) is 16.0. The summed E-state index contributed by atoms with van der Waals surface area (Å²) in [6.07, 6.45) is 5.30. The van der Waals surface area contributed by atoms with Crippen LogP contribution in [-0.2, 0) is 25.6 Å². The minimum atomic E-state index is -1.12. The van der Waals surface area contributed by atoms with Crippen molar-refractivity contribution in [2.75, 3.05) is 11.9 Å². The van der Waals surface area contributed by atoms with Gasteiger partial charge in [0, 0.05) is 23.2 Å². The summed E-state index contributed by atoms with van der Waals surface area (Å²) in [5.74, 6) is -3.22. The van der Waals surface area contributed by atoms with E-state index in [1.165, 1.54) is 0 Å². The summed E-state index contributed by atoms with van der Waals surface area (Å²) < 4.78 is 0. The molecule has 61 heavy (non-hydrogen) atoms. The van der Waals surface area contributed by atoms with E-state index in [1.54, 1.807) is 18.2 Å². The van der Waals surface area contributed by atoms with Gasteiger partial charge in [0.05, 0.1) is 22.5 Å². The zero-order valence-electron chi connectivity index (χ0n) is 35.2. The van der Waals surface area contributed by atoms with Crippen LogP contribution in [0, 0.1) is 11.8 Å². The third kappa shape index (κ3) is 13.1. The molecule has 0 spiro atoms. The Morgan fingerprint density at radius 3 is 2.03 bits per heavy atom. The summed E-state index contributed by atoms with van der Waals surface area (Å²) in [4.78, 5) is 78.0. The van der Waals surface area contributed by atoms with E-state index in [0.717, 1.165) is 22.5 Å². The molecule has 15 heteroatoms. The van der Waals surface area contributed by atoms with E-state index >= 15 is 0 Å². The fourth-order valence-corrected chi connectivity index (χ4v) is 7.10. The third-order valence-electron chi connectivity index (χ3n) is 10.2. The van der Waals surface area contributed by atoms with Crippen molar-refractivity contribution in [3.8, 4) is 11.3 Å². The Hall–Kier alpha value is -6.77. The van der Waals surface area contributed by atoms with Crippen molar-refractivity contribution in [2.24, 2.45) is 34.0 Å². The lowest BCUT2D eigenvalue weighted by atomic mass is 9.99. The topological polar surface area (TPSA) is 249 Å². The van der Waals surface area contributed by atoms with Crippen LogP contribution >= 0.6 is 0 Å². The Morgan fingerprint density at radius 2 is 1.41 bits per heavy atom. The number of aliphatic imine (C=N–C) groups is 1. The number of nitrogens with zero attached hydrogens (tertiary/aromatic N) is 2. The molecule has 4 bridgehead atoms. The molecule has 3 heterocycles. The number of fused-ring (bicyclic) bond motifs is 16. The van der Waals surface area contributed by atoms with Crippen molar-refractivity contribution in [1.29, 1.82) is 0 Å². The molecule has 11 N–H and O–H groups in total. The van der Waals surface area contributed by atoms with E-state index in [2.05, 4.69) is 31.6 Å². The molecule has 0 radical (unpaired) electrons. The van der Waals surface area contributed by atoms with Gasteiger partial charge >= 0.3 is 0 Å². The van der Waals surface area contributed by atoms with Gasteiger partial charge in [-0.25, -0.2) is 4.98 Å². The summed E-state index contributed by atoms with van der Waals surface area (Å²) in [7, 11) is 0. The maximum atomic E-state index is 14.4. The number of guanidine groups is 1. The number of primary amides is 1. The summed E-state index contributed by atoms with van der Waals surface area (Å²) in [5, 5.41) is 15.5. The second-order valence-corrected chi connectivity index (χ2v) is 16.2. The number of pyridine rings is 1. The van der Waals surface area contributed by atoms with Gasteiger partial charge in [0.1, 0.15) is 24.2 Å². The van der Waals surface area contributed by atoms with E-state index in [4.69, 9.17) is 22.2 Å². The van der Waals surface area contributed by atoms with Crippen LogP contribution < -0.4 is 43.8 Å². The highest BCUT2D eigenvalue weighted by molar-refractivity contribution is 6.10. The standard InChI is InChI=1S/C46H58N10O5/c1-27(2)24-38-44(60)53-34(41(47)57)17-9-8-12-29-19-21-30(22-20-29)36-26-37(51-31-13-6-5-7-14-31)32-15-10-16-33(40(32)52-36)42(58)54-35(18-11-23-50-46(48)49)43(59)55-39(25-28(3)4)45(61)56-38/h5-10,13-16,19-22,26-28,34-35,38-39H,11-12,17-18,23-25H2,1-4H3,(H2,47,57)(H,51,52)(H,53,60)(H,54,58)(H,55,59)(H,56,61)(H4,48,49,50)/b9-8+/t34-,35-,38-,39-/m0/s1. The largest absolute Gasteiger partial charge is 0.370 e. The van der Waals surface area contributed by atoms with Crippen LogP contribution in [0.3, 0.4) is 0 Å². The molecule has 0 saturated carbocycles. The number of hydrogen-bond acceptors (Lipinski definition) is 8. The van der Waals surface area contributed by atoms with Crippen LogP contribution in [0.1, 0.15) is 75.7 Å². The summed E-state index contributed by atoms with van der Waals surface area (Å²) in [5.41, 5.74) is 21.5. The van der Waals surface area contributed by atoms with Crippen molar-refractivity contribution in [2.45, 2.75) is 90.4 Å². The Bertz CT molecular complexity index is 2240. The number of nitrogens with two attached hydrogens (primary N) is 3. The highest BCUT2D eigenvalue weighted by atomic mass is 16.2. The summed E-state index contributed by atoms with van der Waals surface area (Å²) in [6.45, 7) is 7.81. The van der Waals surface area contributed by atoms with Crippen LogP contribution in [0.15, 0.2) is 96.0 Å². The first-order chi connectivity index (χ1) is 29.2. The molecule has 322 valence electrons. The lowest BCUT2D eigenvalue weighted by molar-refractivity contribution is -0.134. The molecular weight excluding hydrogens is 773 g/mol. The van der Waals surface area contributed by atoms with E-state index in [-0.39, 0.29) is 55.6 Å². The lowest BCUT2D eigenvalue weighted by Gasteiger charge is -2.27. The van der Waals surface area contributed by atoms with E-state index in [0.29, 0.717) is 29.4 Å². The predicted molar refractivity (Wildman–Crippen MR) is 239 cm³/mol. The molecule has 0 fully saturated rings. The number of amides is 5. The number of benzene rings is 3. The smallest absolute Gasteiger partial charge is 0.254 e. The van der Waals surface area contributed by atoms with E-state index in [1.807, 2.05) is 101 Å². The van der Waals surface area contributed by atoms with Crippen LogP contribution in [0.25, 0.3) is 22.2 Å². The Morgan fingerprint density at radius 1 is 0.770 bits per heavy atom. The van der Waals surface area contributed by atoms with Gasteiger partial charge in [-0.1, -0.05) is 94.4 Å². The molecule has 0 unspecified atom stereocenters. The zero-order valence-corrected chi connectivity index (χ0v) is 35.2. The molecule has 1 aromatic heterocycles. The first-order valence-electron chi connectivity index (χ1n) is 20.7. The van der Waals surface area contributed by atoms with Gasteiger partial charge < -0.3 is 43.8 Å². The predicted octanol–water partition coefficient (Wildman–Crippen LogP) is 4.33. The Balaban J connectivity index is 1.61. The van der Waals surface area contributed by atoms with E-state index < -0.39 is 53.7 Å². The number of para-hydroxylation sites is 2. The van der Waals surface area contributed by atoms with Gasteiger partial charge in [-0.15, -0.1) is 0 Å². The average Bonchev–Trinajstić information content (AvgIpc) is 3.21. The number of allylic oxidation sites excluding steroid dienone is 1. The van der Waals surface area contributed by atoms with Gasteiger partial charge in [0.2, 0.25) is 23.6 Å². The number of carbonyl (C=O) groups is 5. The molecule has 15 nitrogen and oxygen atoms in total. The van der Waals surface area contributed by atoms with Crippen molar-refractivity contribution >= 4 is 57.8 Å². The second-order valence-electron chi connectivity index (χ2n) is 16.2. The molecule has 0 saturated heterocycles. The maximum absolute atomic E-state index is 14.4. The van der Waals surface area contributed by atoms with Gasteiger partial charge in [-0.05, 0) is 80.2 Å². The lowest BCUT2D eigenvalue weighted by Crippen LogP contribution is -2.58. The Labute approximate surface area is 356 Å². The molecular formula is C46H58N10O5. The van der Waals surface area contributed by atoms with E-state index in [9.17, 15) is 24.0 Å². The SMILES string of the molecule is CC(C)C[C@@H]1NC(=O)[C@H](CC(C)C)NC(=O)[C@H](CCCN=C(N)N)NC(=O)c2cccc3c(Nc4ccccc4)cc(nc23)-c2ccc(cc2)C/C=C/C[C@@H](C(N)=O)NC1=O. The number of aromatic nitrogens is 1. The molecule has 0 aliphatic carbocycles. The van der Waals surface area contributed by atoms with Crippen LogP contribution in [0.2, 0.25) is 0 Å². The van der Waals surface area contributed by atoms with Gasteiger partial charge in [-0.2, -0.15) is 0 Å². The number of rotatable bonds is 11. The van der Waals surface area contributed by atoms with Crippen molar-refractivity contribution in [1.82, 2.24) is 26.3 Å². The normalized spacial score (nSPS) is 19.7. The minimum absolute atomic E-state index is 0.0195. The first kappa shape index (κ1) is 45.3. The molecule has 2 aliphatic rings. The number of carbonyl (C=O) groups excluding carboxylic acids is 5. The fraction of sp³-hybridized carbons (Fsp3) is 0.370. The average molecular weight is 831 g/mol. The third-order valence-corrected chi connectivity index (χ3v) is 10.2. The molecule has 6 rings (SSSR count). The molecule has 2 aliphatic heterocycles. The second kappa shape index (κ2) is 21.5. The van der Waals surface area contributed by atoms with Gasteiger partial charge in [-0.3, -0.25) is 29.0 Å². The van der Waals surface area contributed by atoms with Gasteiger partial charge in [0.25, 0.3) is 5.91 Å². The molecule has 3 aromatic carbocycles. The van der Waals surface area contributed by atoms with Gasteiger partial charge in [0.15, 0.2) is 5.96 Å². The number of hydrogen-bond donors (Lipinski definition) is 8. The quantitative estimate of drug-likeness (QED) is 0.0352. The number of nitrogens with one attached hydrogen (secondary N) is 5. The summed E-state index contributed by atoms with van der Waals surface area (Å²) in [6, 6.07) is 20.5. The molecule has 5 amide bonds. The number of anilines is 2.